The highest BCUT2D eigenvalue weighted by atomic mass is 32.2. The second-order valence-electron chi connectivity index (χ2n) is 7.24. The Balaban J connectivity index is 2.01. The molecule has 1 aliphatic carbocycles. The number of rotatable bonds is 3. The molecular weight excluding hydrogens is 328 g/mol. The zero-order valence-electron chi connectivity index (χ0n) is 14.0. The van der Waals surface area contributed by atoms with Gasteiger partial charge in [-0.25, -0.2) is 8.42 Å². The Morgan fingerprint density at radius 3 is 2.42 bits per heavy atom. The number of benzene rings is 1. The molecule has 132 valence electrons. The van der Waals surface area contributed by atoms with Crippen molar-refractivity contribution >= 4 is 21.2 Å². The lowest BCUT2D eigenvalue weighted by atomic mass is 9.69. The van der Waals surface area contributed by atoms with Crippen molar-refractivity contribution in [1.82, 2.24) is 0 Å². The molecule has 0 N–H and O–H groups in total. The molecule has 0 radical (unpaired) electrons. The first-order valence-electron chi connectivity index (χ1n) is 8.55. The van der Waals surface area contributed by atoms with Crippen molar-refractivity contribution < 1.29 is 13.3 Å². The maximum Gasteiger partial charge on any atom is 0.311 e. The van der Waals surface area contributed by atoms with Gasteiger partial charge in [0.05, 0.1) is 4.92 Å². The van der Waals surface area contributed by atoms with E-state index >= 15 is 0 Å². The van der Waals surface area contributed by atoms with Crippen LogP contribution in [-0.2, 0) is 9.84 Å². The molecule has 1 heterocycles. The van der Waals surface area contributed by atoms with Crippen molar-refractivity contribution in [2.45, 2.75) is 49.8 Å². The van der Waals surface area contributed by atoms with E-state index in [1.807, 2.05) is 4.90 Å². The molecule has 0 bridgehead atoms. The Kier molecular flexibility index (Phi) is 4.55. The fourth-order valence-corrected chi connectivity index (χ4v) is 5.23. The average molecular weight is 352 g/mol. The molecule has 1 spiro atoms. The summed E-state index contributed by atoms with van der Waals surface area (Å²) in [5.41, 5.74) is 0.422. The van der Waals surface area contributed by atoms with Crippen molar-refractivity contribution in [2.24, 2.45) is 5.41 Å². The number of nitro benzene ring substituents is 1. The quantitative estimate of drug-likeness (QED) is 0.614. The molecule has 2 fully saturated rings. The second-order valence-corrected chi connectivity index (χ2v) is 9.22. The topological polar surface area (TPSA) is 80.5 Å². The molecule has 1 aromatic rings. The third-order valence-electron chi connectivity index (χ3n) is 5.48. The van der Waals surface area contributed by atoms with Crippen LogP contribution in [0.4, 0.5) is 11.4 Å². The third kappa shape index (κ3) is 3.27. The predicted molar refractivity (Wildman–Crippen MR) is 93.2 cm³/mol. The van der Waals surface area contributed by atoms with Crippen LogP contribution in [0.3, 0.4) is 0 Å². The summed E-state index contributed by atoms with van der Waals surface area (Å²) in [6, 6.07) is 4.63. The summed E-state index contributed by atoms with van der Waals surface area (Å²) >= 11 is 0. The van der Waals surface area contributed by atoms with E-state index in [2.05, 4.69) is 0 Å². The van der Waals surface area contributed by atoms with Gasteiger partial charge in [0.2, 0.25) is 0 Å². The van der Waals surface area contributed by atoms with Gasteiger partial charge in [-0.3, -0.25) is 10.1 Å². The van der Waals surface area contributed by atoms with Crippen LogP contribution in [0, 0.1) is 15.5 Å². The molecule has 2 aliphatic rings. The lowest BCUT2D eigenvalue weighted by molar-refractivity contribution is -0.387. The van der Waals surface area contributed by atoms with Gasteiger partial charge in [-0.05, 0) is 43.2 Å². The largest absolute Gasteiger partial charge is 0.365 e. The summed E-state index contributed by atoms with van der Waals surface area (Å²) in [6.07, 6.45) is 9.25. The SMILES string of the molecule is CS(=O)(=O)c1cccc(N2CCCC3(CCCCC3)C2)c1[N+](=O)[O-]. The average Bonchev–Trinajstić information content (AvgIpc) is 2.54. The van der Waals surface area contributed by atoms with Gasteiger partial charge in [0.15, 0.2) is 9.84 Å². The van der Waals surface area contributed by atoms with Crippen molar-refractivity contribution in [3.8, 4) is 0 Å². The molecule has 0 aromatic heterocycles. The Morgan fingerprint density at radius 1 is 1.12 bits per heavy atom. The molecular formula is C17H24N2O4S. The standard InChI is InChI=1S/C17H24N2O4S/c1-24(22,23)15-8-5-7-14(16(15)19(20)21)18-12-6-11-17(13-18)9-3-2-4-10-17/h5,7-8H,2-4,6,9-13H2,1H3. The Bertz CT molecular complexity index is 733. The fraction of sp³-hybridized carbons (Fsp3) is 0.647. The molecule has 1 saturated heterocycles. The lowest BCUT2D eigenvalue weighted by Gasteiger charge is -2.46. The number of piperidine rings is 1. The van der Waals surface area contributed by atoms with Crippen molar-refractivity contribution in [3.05, 3.63) is 28.3 Å². The minimum absolute atomic E-state index is 0.187. The van der Waals surface area contributed by atoms with Crippen LogP contribution in [0.25, 0.3) is 0 Å². The van der Waals surface area contributed by atoms with E-state index in [0.717, 1.165) is 25.8 Å². The van der Waals surface area contributed by atoms with Crippen LogP contribution in [0.5, 0.6) is 0 Å². The molecule has 3 rings (SSSR count). The Labute approximate surface area is 142 Å². The molecule has 1 aromatic carbocycles. The van der Waals surface area contributed by atoms with Crippen LogP contribution in [-0.4, -0.2) is 32.7 Å². The summed E-state index contributed by atoms with van der Waals surface area (Å²) in [5.74, 6) is 0. The third-order valence-corrected chi connectivity index (χ3v) is 6.60. The highest BCUT2D eigenvalue weighted by Gasteiger charge is 2.39. The molecule has 24 heavy (non-hydrogen) atoms. The molecule has 7 heteroatoms. The molecule has 0 amide bonds. The number of sulfone groups is 1. The van der Waals surface area contributed by atoms with Crippen molar-refractivity contribution in [3.63, 3.8) is 0 Å². The maximum atomic E-state index is 12.0. The number of hydrogen-bond donors (Lipinski definition) is 0. The van der Waals surface area contributed by atoms with E-state index < -0.39 is 14.8 Å². The number of para-hydroxylation sites is 1. The first-order valence-corrected chi connectivity index (χ1v) is 10.4. The summed E-state index contributed by atoms with van der Waals surface area (Å²) in [5, 5.41) is 11.6. The van der Waals surface area contributed by atoms with Gasteiger partial charge in [0.25, 0.3) is 0 Å². The van der Waals surface area contributed by atoms with Crippen LogP contribution in [0.15, 0.2) is 23.1 Å². The molecule has 0 unspecified atom stereocenters. The van der Waals surface area contributed by atoms with Gasteiger partial charge < -0.3 is 4.90 Å². The number of anilines is 1. The van der Waals surface area contributed by atoms with E-state index in [1.54, 1.807) is 12.1 Å². The minimum atomic E-state index is -3.64. The minimum Gasteiger partial charge on any atom is -0.365 e. The van der Waals surface area contributed by atoms with Gasteiger partial charge in [-0.1, -0.05) is 25.3 Å². The molecule has 1 aliphatic heterocycles. The smallest absolute Gasteiger partial charge is 0.311 e. The number of hydrogen-bond acceptors (Lipinski definition) is 5. The zero-order valence-corrected chi connectivity index (χ0v) is 14.8. The van der Waals surface area contributed by atoms with Gasteiger partial charge in [-0.2, -0.15) is 0 Å². The molecule has 1 saturated carbocycles. The predicted octanol–water partition coefficient (Wildman–Crippen LogP) is 3.55. The lowest BCUT2D eigenvalue weighted by Crippen LogP contribution is -2.44. The van der Waals surface area contributed by atoms with Gasteiger partial charge >= 0.3 is 5.69 Å². The first-order chi connectivity index (χ1) is 11.3. The second kappa shape index (κ2) is 6.35. The Hall–Kier alpha value is -1.63. The Morgan fingerprint density at radius 2 is 1.79 bits per heavy atom. The van der Waals surface area contributed by atoms with E-state index in [-0.39, 0.29) is 16.0 Å². The summed E-state index contributed by atoms with van der Waals surface area (Å²) in [6.45, 7) is 1.54. The molecule has 0 atom stereocenters. The zero-order chi connectivity index (χ0) is 17.4. The van der Waals surface area contributed by atoms with Gasteiger partial charge in [-0.15, -0.1) is 0 Å². The van der Waals surface area contributed by atoms with Crippen LogP contribution in [0.1, 0.15) is 44.9 Å². The number of nitrogens with zero attached hydrogens (tertiary/aromatic N) is 2. The van der Waals surface area contributed by atoms with E-state index in [1.165, 1.54) is 44.6 Å². The van der Waals surface area contributed by atoms with E-state index in [0.29, 0.717) is 5.69 Å². The normalized spacial score (nSPS) is 21.0. The molecule has 6 nitrogen and oxygen atoms in total. The van der Waals surface area contributed by atoms with Gasteiger partial charge in [0.1, 0.15) is 10.6 Å². The van der Waals surface area contributed by atoms with E-state index in [9.17, 15) is 18.5 Å². The monoisotopic (exact) mass is 352 g/mol. The van der Waals surface area contributed by atoms with Crippen LogP contribution < -0.4 is 4.90 Å². The van der Waals surface area contributed by atoms with Crippen LogP contribution in [0.2, 0.25) is 0 Å². The summed E-state index contributed by atoms with van der Waals surface area (Å²) in [7, 11) is -3.64. The van der Waals surface area contributed by atoms with Crippen molar-refractivity contribution in [2.75, 3.05) is 24.2 Å². The first kappa shape index (κ1) is 17.2. The van der Waals surface area contributed by atoms with E-state index in [4.69, 9.17) is 0 Å². The number of nitro groups is 1. The summed E-state index contributed by atoms with van der Waals surface area (Å²) in [4.78, 5) is 12.9. The van der Waals surface area contributed by atoms with Gasteiger partial charge in [0, 0.05) is 19.3 Å². The highest BCUT2D eigenvalue weighted by molar-refractivity contribution is 7.90. The fourth-order valence-electron chi connectivity index (χ4n) is 4.37. The van der Waals surface area contributed by atoms with Crippen molar-refractivity contribution in [1.29, 1.82) is 0 Å². The van der Waals surface area contributed by atoms with Crippen LogP contribution >= 0.6 is 0 Å². The maximum absolute atomic E-state index is 12.0. The highest BCUT2D eigenvalue weighted by Crippen LogP contribution is 2.46. The summed E-state index contributed by atoms with van der Waals surface area (Å²) < 4.78 is 23.9.